The Bertz CT molecular complexity index is 641. The number of carbonyl (C=O) groups excluding carboxylic acids is 1. The van der Waals surface area contributed by atoms with E-state index in [1.807, 2.05) is 31.2 Å². The summed E-state index contributed by atoms with van der Waals surface area (Å²) in [5.74, 6) is 0.587. The van der Waals surface area contributed by atoms with Gasteiger partial charge >= 0.3 is 0 Å². The Morgan fingerprint density at radius 3 is 2.48 bits per heavy atom. The molecule has 21 heavy (non-hydrogen) atoms. The maximum Gasteiger partial charge on any atom is 0.251 e. The average Bonchev–Trinajstić information content (AvgIpc) is 2.50. The smallest absolute Gasteiger partial charge is 0.251 e. The zero-order chi connectivity index (χ0) is 15.4. The fourth-order valence-electron chi connectivity index (χ4n) is 1.94. The summed E-state index contributed by atoms with van der Waals surface area (Å²) in [4.78, 5) is 12.2. The van der Waals surface area contributed by atoms with Crippen molar-refractivity contribution >= 4 is 23.2 Å². The van der Waals surface area contributed by atoms with Gasteiger partial charge in [-0.3, -0.25) is 4.79 Å². The number of anilines is 1. The second kappa shape index (κ2) is 6.50. The number of nitrogens with two attached hydrogens (primary N) is 1. The third-order valence-electron chi connectivity index (χ3n) is 3.22. The molecule has 4 nitrogen and oxygen atoms in total. The van der Waals surface area contributed by atoms with Gasteiger partial charge in [0.15, 0.2) is 0 Å². The van der Waals surface area contributed by atoms with Gasteiger partial charge in [-0.05, 0) is 42.8 Å². The van der Waals surface area contributed by atoms with E-state index in [4.69, 9.17) is 22.1 Å². The molecular weight excluding hydrogens is 288 g/mol. The van der Waals surface area contributed by atoms with Crippen LogP contribution in [0.15, 0.2) is 42.5 Å². The third kappa shape index (κ3) is 3.67. The van der Waals surface area contributed by atoms with Gasteiger partial charge in [0, 0.05) is 5.56 Å². The molecule has 0 radical (unpaired) electrons. The summed E-state index contributed by atoms with van der Waals surface area (Å²) in [6, 6.07) is 12.3. The molecule has 0 aliphatic carbocycles. The molecule has 0 bridgehead atoms. The highest BCUT2D eigenvalue weighted by molar-refractivity contribution is 6.33. The van der Waals surface area contributed by atoms with Crippen molar-refractivity contribution in [1.82, 2.24) is 5.32 Å². The number of amides is 1. The van der Waals surface area contributed by atoms with Crippen molar-refractivity contribution in [3.8, 4) is 5.75 Å². The normalized spacial score (nSPS) is 11.8. The molecule has 2 aromatic rings. The first kappa shape index (κ1) is 15.2. The number of methoxy groups -OCH3 is 1. The van der Waals surface area contributed by atoms with E-state index in [1.54, 1.807) is 25.3 Å². The second-order valence-electron chi connectivity index (χ2n) is 4.70. The number of nitrogens with one attached hydrogen (secondary N) is 1. The molecule has 3 N–H and O–H groups in total. The van der Waals surface area contributed by atoms with Gasteiger partial charge < -0.3 is 15.8 Å². The van der Waals surface area contributed by atoms with E-state index in [1.165, 1.54) is 0 Å². The van der Waals surface area contributed by atoms with Crippen LogP contribution < -0.4 is 15.8 Å². The van der Waals surface area contributed by atoms with E-state index in [9.17, 15) is 4.79 Å². The Kier molecular flexibility index (Phi) is 4.70. The molecule has 1 amide bonds. The van der Waals surface area contributed by atoms with E-state index in [-0.39, 0.29) is 11.9 Å². The van der Waals surface area contributed by atoms with Gasteiger partial charge in [-0.15, -0.1) is 0 Å². The summed E-state index contributed by atoms with van der Waals surface area (Å²) in [5, 5.41) is 3.36. The van der Waals surface area contributed by atoms with Crippen molar-refractivity contribution in [3.63, 3.8) is 0 Å². The lowest BCUT2D eigenvalue weighted by Crippen LogP contribution is -2.26. The fourth-order valence-corrected chi connectivity index (χ4v) is 2.06. The van der Waals surface area contributed by atoms with E-state index >= 15 is 0 Å². The van der Waals surface area contributed by atoms with Gasteiger partial charge in [0.2, 0.25) is 0 Å². The SMILES string of the molecule is COc1ccc([C@@H](C)NC(=O)c2ccc(Cl)c(N)c2)cc1. The predicted molar refractivity (Wildman–Crippen MR) is 84.7 cm³/mol. The molecule has 0 aromatic heterocycles. The summed E-state index contributed by atoms with van der Waals surface area (Å²) < 4.78 is 5.11. The molecule has 0 spiro atoms. The summed E-state index contributed by atoms with van der Waals surface area (Å²) in [7, 11) is 1.62. The third-order valence-corrected chi connectivity index (χ3v) is 3.57. The highest BCUT2D eigenvalue weighted by atomic mass is 35.5. The van der Waals surface area contributed by atoms with Crippen LogP contribution in [0.1, 0.15) is 28.9 Å². The number of halogens is 1. The minimum absolute atomic E-state index is 0.125. The lowest BCUT2D eigenvalue weighted by Gasteiger charge is -2.15. The lowest BCUT2D eigenvalue weighted by atomic mass is 10.1. The highest BCUT2D eigenvalue weighted by Crippen LogP contribution is 2.21. The number of benzene rings is 2. The van der Waals surface area contributed by atoms with Crippen molar-refractivity contribution in [2.45, 2.75) is 13.0 Å². The molecule has 0 saturated carbocycles. The second-order valence-corrected chi connectivity index (χ2v) is 5.11. The van der Waals surface area contributed by atoms with Crippen molar-refractivity contribution in [2.24, 2.45) is 0 Å². The average molecular weight is 305 g/mol. The van der Waals surface area contributed by atoms with Gasteiger partial charge in [-0.1, -0.05) is 23.7 Å². The Balaban J connectivity index is 2.08. The molecule has 2 rings (SSSR count). The number of rotatable bonds is 4. The van der Waals surface area contributed by atoms with Gasteiger partial charge in [0.05, 0.1) is 23.9 Å². The molecule has 0 aliphatic heterocycles. The van der Waals surface area contributed by atoms with Crippen LogP contribution in [0.3, 0.4) is 0 Å². The first-order chi connectivity index (χ1) is 10.0. The minimum atomic E-state index is -0.193. The van der Waals surface area contributed by atoms with E-state index in [0.29, 0.717) is 16.3 Å². The van der Waals surface area contributed by atoms with Gasteiger partial charge in [-0.25, -0.2) is 0 Å². The number of nitrogen functional groups attached to an aromatic ring is 1. The predicted octanol–water partition coefficient (Wildman–Crippen LogP) is 3.42. The van der Waals surface area contributed by atoms with Crippen LogP contribution >= 0.6 is 11.6 Å². The van der Waals surface area contributed by atoms with Crippen molar-refractivity contribution in [1.29, 1.82) is 0 Å². The molecule has 110 valence electrons. The molecule has 0 heterocycles. The van der Waals surface area contributed by atoms with Crippen LogP contribution in [0.4, 0.5) is 5.69 Å². The standard InChI is InChI=1S/C16H17ClN2O2/c1-10(11-3-6-13(21-2)7-4-11)19-16(20)12-5-8-14(17)15(18)9-12/h3-10H,18H2,1-2H3,(H,19,20)/t10-/m1/s1. The Labute approximate surface area is 128 Å². The Morgan fingerprint density at radius 1 is 1.24 bits per heavy atom. The van der Waals surface area contributed by atoms with Crippen LogP contribution in [0, 0.1) is 0 Å². The maximum atomic E-state index is 12.2. The molecule has 5 heteroatoms. The molecule has 0 aliphatic rings. The van der Waals surface area contributed by atoms with Crippen LogP contribution in [0.2, 0.25) is 5.02 Å². The largest absolute Gasteiger partial charge is 0.497 e. The number of ether oxygens (including phenoxy) is 1. The number of carbonyl (C=O) groups is 1. The Morgan fingerprint density at radius 2 is 1.90 bits per heavy atom. The summed E-state index contributed by atoms with van der Waals surface area (Å²) >= 11 is 5.85. The van der Waals surface area contributed by atoms with Gasteiger partial charge in [0.25, 0.3) is 5.91 Å². The maximum absolute atomic E-state index is 12.2. The van der Waals surface area contributed by atoms with E-state index in [0.717, 1.165) is 11.3 Å². The minimum Gasteiger partial charge on any atom is -0.497 e. The monoisotopic (exact) mass is 304 g/mol. The van der Waals surface area contributed by atoms with Crippen LogP contribution in [-0.2, 0) is 0 Å². The van der Waals surface area contributed by atoms with E-state index in [2.05, 4.69) is 5.32 Å². The topological polar surface area (TPSA) is 64.3 Å². The van der Waals surface area contributed by atoms with Crippen LogP contribution in [0.25, 0.3) is 0 Å². The van der Waals surface area contributed by atoms with E-state index < -0.39 is 0 Å². The summed E-state index contributed by atoms with van der Waals surface area (Å²) in [6.45, 7) is 1.92. The molecule has 0 fully saturated rings. The van der Waals surface area contributed by atoms with Crippen molar-refractivity contribution < 1.29 is 9.53 Å². The molecule has 1 atom stereocenters. The molecule has 2 aromatic carbocycles. The highest BCUT2D eigenvalue weighted by Gasteiger charge is 2.12. The first-order valence-corrected chi connectivity index (χ1v) is 6.89. The van der Waals surface area contributed by atoms with Crippen LogP contribution in [-0.4, -0.2) is 13.0 Å². The van der Waals surface area contributed by atoms with Gasteiger partial charge in [-0.2, -0.15) is 0 Å². The quantitative estimate of drug-likeness (QED) is 0.851. The van der Waals surface area contributed by atoms with Crippen molar-refractivity contribution in [3.05, 3.63) is 58.6 Å². The summed E-state index contributed by atoms with van der Waals surface area (Å²) in [6.07, 6.45) is 0. The molecule has 0 saturated heterocycles. The fraction of sp³-hybridized carbons (Fsp3) is 0.188. The van der Waals surface area contributed by atoms with Crippen LogP contribution in [0.5, 0.6) is 5.75 Å². The first-order valence-electron chi connectivity index (χ1n) is 6.51. The zero-order valence-corrected chi connectivity index (χ0v) is 12.6. The Hall–Kier alpha value is -2.20. The molecule has 0 unspecified atom stereocenters. The number of hydrogen-bond donors (Lipinski definition) is 2. The summed E-state index contributed by atoms with van der Waals surface area (Å²) in [5.41, 5.74) is 7.57. The number of hydrogen-bond acceptors (Lipinski definition) is 3. The van der Waals surface area contributed by atoms with Crippen molar-refractivity contribution in [2.75, 3.05) is 12.8 Å². The van der Waals surface area contributed by atoms with Gasteiger partial charge in [0.1, 0.15) is 5.75 Å². The lowest BCUT2D eigenvalue weighted by molar-refractivity contribution is 0.0940. The zero-order valence-electron chi connectivity index (χ0n) is 11.9. The molecular formula is C16H17ClN2O2.